The molecule has 1 aromatic rings. The topological polar surface area (TPSA) is 43.8 Å². The minimum absolute atomic E-state index is 0.616. The van der Waals surface area contributed by atoms with E-state index in [1.165, 1.54) is 11.4 Å². The molecule has 90 valence electrons. The highest BCUT2D eigenvalue weighted by molar-refractivity contribution is 7.80. The fraction of sp³-hybridized carbons (Fsp3) is 0.667. The van der Waals surface area contributed by atoms with Crippen molar-refractivity contribution in [2.24, 2.45) is 5.73 Å². The van der Waals surface area contributed by atoms with Crippen molar-refractivity contribution < 1.29 is 0 Å². The van der Waals surface area contributed by atoms with Gasteiger partial charge in [-0.15, -0.1) is 0 Å². The van der Waals surface area contributed by atoms with Gasteiger partial charge in [-0.2, -0.15) is 5.10 Å². The molecule has 0 amide bonds. The molecule has 0 atom stereocenters. The minimum atomic E-state index is 0.616. The van der Waals surface area contributed by atoms with Crippen molar-refractivity contribution in [3.8, 4) is 0 Å². The summed E-state index contributed by atoms with van der Waals surface area (Å²) in [5.41, 5.74) is 7.98. The van der Waals surface area contributed by atoms with Gasteiger partial charge in [-0.05, 0) is 38.2 Å². The van der Waals surface area contributed by atoms with Gasteiger partial charge in [0.15, 0.2) is 0 Å². The lowest BCUT2D eigenvalue weighted by molar-refractivity contribution is 0.540. The maximum atomic E-state index is 5.46. The summed E-state index contributed by atoms with van der Waals surface area (Å²) in [6.45, 7) is 5.28. The summed E-state index contributed by atoms with van der Waals surface area (Å²) in [5.74, 6) is 0. The predicted molar refractivity (Wildman–Crippen MR) is 71.6 cm³/mol. The number of aryl methyl sites for hydroxylation is 3. The molecule has 0 fully saturated rings. The molecular weight excluding hydrogens is 218 g/mol. The maximum Gasteiger partial charge on any atom is 0.0727 e. The summed E-state index contributed by atoms with van der Waals surface area (Å²) in [7, 11) is 0. The summed E-state index contributed by atoms with van der Waals surface area (Å²) in [6.07, 6.45) is 5.04. The summed E-state index contributed by atoms with van der Waals surface area (Å²) in [4.78, 5) is 0.616. The molecule has 1 heterocycles. The van der Waals surface area contributed by atoms with Gasteiger partial charge < -0.3 is 5.73 Å². The molecule has 4 heteroatoms. The summed E-state index contributed by atoms with van der Waals surface area (Å²) >= 11 is 4.85. The molecule has 0 saturated carbocycles. The molecular formula is C12H21N3S. The lowest BCUT2D eigenvalue weighted by Crippen LogP contribution is -2.09. The third-order valence-corrected chi connectivity index (χ3v) is 2.89. The fourth-order valence-corrected chi connectivity index (χ4v) is 1.87. The van der Waals surface area contributed by atoms with Crippen LogP contribution in [0.15, 0.2) is 6.07 Å². The SMILES string of the molecule is CCc1cc(CC)n(CCCCC(N)=S)n1. The molecule has 3 nitrogen and oxygen atoms in total. The Morgan fingerprint density at radius 1 is 1.38 bits per heavy atom. The molecule has 0 spiro atoms. The van der Waals surface area contributed by atoms with Crippen LogP contribution in [0, 0.1) is 0 Å². The van der Waals surface area contributed by atoms with Crippen LogP contribution in [0.5, 0.6) is 0 Å². The highest BCUT2D eigenvalue weighted by Gasteiger charge is 2.04. The molecule has 1 aromatic heterocycles. The van der Waals surface area contributed by atoms with Crippen molar-refractivity contribution in [3.63, 3.8) is 0 Å². The number of hydrogen-bond donors (Lipinski definition) is 1. The molecule has 2 N–H and O–H groups in total. The summed E-state index contributed by atoms with van der Waals surface area (Å²) in [5, 5.41) is 4.57. The largest absolute Gasteiger partial charge is 0.393 e. The normalized spacial score (nSPS) is 10.6. The Hall–Kier alpha value is -0.900. The summed E-state index contributed by atoms with van der Waals surface area (Å²) in [6, 6.07) is 2.20. The maximum absolute atomic E-state index is 5.46. The van der Waals surface area contributed by atoms with Gasteiger partial charge in [0, 0.05) is 12.2 Å². The second-order valence-electron chi connectivity index (χ2n) is 3.98. The smallest absolute Gasteiger partial charge is 0.0727 e. The van der Waals surface area contributed by atoms with Crippen molar-refractivity contribution >= 4 is 17.2 Å². The number of thiocarbonyl (C=S) groups is 1. The zero-order valence-corrected chi connectivity index (χ0v) is 11.0. The molecule has 0 radical (unpaired) electrons. The highest BCUT2D eigenvalue weighted by Crippen LogP contribution is 2.08. The number of nitrogens with zero attached hydrogens (tertiary/aromatic N) is 2. The molecule has 1 rings (SSSR count). The van der Waals surface area contributed by atoms with Crippen molar-refractivity contribution in [1.29, 1.82) is 0 Å². The van der Waals surface area contributed by atoms with Gasteiger partial charge in [-0.25, -0.2) is 0 Å². The summed E-state index contributed by atoms with van der Waals surface area (Å²) < 4.78 is 2.12. The van der Waals surface area contributed by atoms with E-state index in [0.717, 1.165) is 38.6 Å². The van der Waals surface area contributed by atoms with E-state index in [2.05, 4.69) is 29.7 Å². The van der Waals surface area contributed by atoms with E-state index in [1.807, 2.05) is 0 Å². The van der Waals surface area contributed by atoms with E-state index in [1.54, 1.807) is 0 Å². The van der Waals surface area contributed by atoms with Crippen LogP contribution in [-0.4, -0.2) is 14.8 Å². The Labute approximate surface area is 103 Å². The van der Waals surface area contributed by atoms with Crippen molar-refractivity contribution in [3.05, 3.63) is 17.5 Å². The predicted octanol–water partition coefficient (Wildman–Crippen LogP) is 2.46. The fourth-order valence-electron chi connectivity index (χ4n) is 1.73. The monoisotopic (exact) mass is 239 g/mol. The molecule has 0 aliphatic carbocycles. The Bertz CT molecular complexity index is 344. The van der Waals surface area contributed by atoms with Crippen LogP contribution in [0.4, 0.5) is 0 Å². The molecule has 0 aromatic carbocycles. The van der Waals surface area contributed by atoms with Crippen LogP contribution in [0.1, 0.15) is 44.5 Å². The van der Waals surface area contributed by atoms with Crippen LogP contribution in [0.3, 0.4) is 0 Å². The van der Waals surface area contributed by atoms with Crippen LogP contribution in [0.2, 0.25) is 0 Å². The van der Waals surface area contributed by atoms with Gasteiger partial charge >= 0.3 is 0 Å². The Kier molecular flexibility index (Phi) is 5.46. The van der Waals surface area contributed by atoms with E-state index in [9.17, 15) is 0 Å². The first-order chi connectivity index (χ1) is 7.67. The standard InChI is InChI=1S/C12H21N3S/c1-3-10-9-11(4-2)15(14-10)8-6-5-7-12(13)16/h9H,3-8H2,1-2H3,(H2,13,16). The number of rotatable bonds is 7. The lowest BCUT2D eigenvalue weighted by Gasteiger charge is -2.05. The minimum Gasteiger partial charge on any atom is -0.393 e. The van der Waals surface area contributed by atoms with Gasteiger partial charge in [-0.3, -0.25) is 4.68 Å². The van der Waals surface area contributed by atoms with Crippen LogP contribution < -0.4 is 5.73 Å². The van der Waals surface area contributed by atoms with E-state index in [0.29, 0.717) is 4.99 Å². The van der Waals surface area contributed by atoms with Gasteiger partial charge in [0.2, 0.25) is 0 Å². The number of aromatic nitrogens is 2. The molecule has 0 aliphatic heterocycles. The third kappa shape index (κ3) is 3.93. The van der Waals surface area contributed by atoms with Gasteiger partial charge in [-0.1, -0.05) is 26.1 Å². The second kappa shape index (κ2) is 6.63. The molecule has 0 saturated heterocycles. The van der Waals surface area contributed by atoms with Crippen LogP contribution in [-0.2, 0) is 19.4 Å². The van der Waals surface area contributed by atoms with Gasteiger partial charge in [0.05, 0.1) is 10.7 Å². The molecule has 0 bridgehead atoms. The quantitative estimate of drug-likeness (QED) is 0.587. The zero-order valence-electron chi connectivity index (χ0n) is 10.2. The Balaban J connectivity index is 2.45. The van der Waals surface area contributed by atoms with Crippen LogP contribution >= 0.6 is 12.2 Å². The van der Waals surface area contributed by atoms with E-state index in [-0.39, 0.29) is 0 Å². The first-order valence-electron chi connectivity index (χ1n) is 6.01. The molecule has 0 aliphatic rings. The third-order valence-electron chi connectivity index (χ3n) is 2.68. The number of hydrogen-bond acceptors (Lipinski definition) is 2. The first-order valence-corrected chi connectivity index (χ1v) is 6.42. The average molecular weight is 239 g/mol. The average Bonchev–Trinajstić information content (AvgIpc) is 2.66. The Morgan fingerprint density at radius 2 is 2.12 bits per heavy atom. The Morgan fingerprint density at radius 3 is 2.69 bits per heavy atom. The highest BCUT2D eigenvalue weighted by atomic mass is 32.1. The van der Waals surface area contributed by atoms with Gasteiger partial charge in [0.25, 0.3) is 0 Å². The zero-order chi connectivity index (χ0) is 12.0. The van der Waals surface area contributed by atoms with E-state index in [4.69, 9.17) is 18.0 Å². The van der Waals surface area contributed by atoms with E-state index >= 15 is 0 Å². The van der Waals surface area contributed by atoms with Crippen molar-refractivity contribution in [2.75, 3.05) is 0 Å². The number of unbranched alkanes of at least 4 members (excludes halogenated alkanes) is 1. The van der Waals surface area contributed by atoms with Crippen molar-refractivity contribution in [2.45, 2.75) is 52.5 Å². The molecule has 16 heavy (non-hydrogen) atoms. The number of nitrogens with two attached hydrogens (primary N) is 1. The van der Waals surface area contributed by atoms with Gasteiger partial charge in [0.1, 0.15) is 0 Å². The lowest BCUT2D eigenvalue weighted by atomic mass is 10.2. The van der Waals surface area contributed by atoms with Crippen LogP contribution in [0.25, 0.3) is 0 Å². The second-order valence-corrected chi connectivity index (χ2v) is 4.51. The molecule has 0 unspecified atom stereocenters. The van der Waals surface area contributed by atoms with E-state index < -0.39 is 0 Å². The first kappa shape index (κ1) is 13.2. The van der Waals surface area contributed by atoms with Crippen molar-refractivity contribution in [1.82, 2.24) is 9.78 Å².